The molecule has 4 nitrogen and oxygen atoms in total. The van der Waals surface area contributed by atoms with Crippen LogP contribution in [0.15, 0.2) is 132 Å². The normalized spacial score (nSPS) is 14.4. The highest BCUT2D eigenvalue weighted by Gasteiger charge is 2.38. The number of furan rings is 1. The van der Waals surface area contributed by atoms with Crippen molar-refractivity contribution in [1.82, 2.24) is 9.97 Å². The molecule has 4 heterocycles. The lowest BCUT2D eigenvalue weighted by Crippen LogP contribution is -2.31. The van der Waals surface area contributed by atoms with Gasteiger partial charge in [0.1, 0.15) is 17.0 Å². The first-order valence-electron chi connectivity index (χ1n) is 14.5. The number of fused-ring (bicyclic) bond motifs is 5. The van der Waals surface area contributed by atoms with Gasteiger partial charge in [0.25, 0.3) is 0 Å². The van der Waals surface area contributed by atoms with Crippen LogP contribution in [-0.4, -0.2) is 9.97 Å². The molecular formula is C38H28FN3O. The number of para-hydroxylation sites is 1. The monoisotopic (exact) mass is 561 g/mol. The van der Waals surface area contributed by atoms with Gasteiger partial charge in [0.15, 0.2) is 6.17 Å². The number of benzene rings is 4. The number of anilines is 3. The Hall–Kier alpha value is -5.29. The second-order valence-electron chi connectivity index (χ2n) is 11.6. The SMILES string of the molecule is CC1(C)c2cc3oc4ccccc4c3cc2N(c2cccc(C(F)c3cccc(-c4ccccn4)c3)c2)c2ncccc21. The average Bonchev–Trinajstić information content (AvgIpc) is 3.42. The van der Waals surface area contributed by atoms with E-state index in [1.54, 1.807) is 6.20 Å². The van der Waals surface area contributed by atoms with Gasteiger partial charge >= 0.3 is 0 Å². The molecule has 0 saturated carbocycles. The second-order valence-corrected chi connectivity index (χ2v) is 11.6. The lowest BCUT2D eigenvalue weighted by molar-refractivity contribution is 0.402. The molecule has 4 aromatic carbocycles. The third kappa shape index (κ3) is 4.03. The smallest absolute Gasteiger partial charge is 0.150 e. The van der Waals surface area contributed by atoms with E-state index in [1.165, 1.54) is 0 Å². The molecule has 1 atom stereocenters. The minimum absolute atomic E-state index is 0.325. The van der Waals surface area contributed by atoms with Crippen molar-refractivity contribution in [1.29, 1.82) is 0 Å². The molecule has 7 aromatic rings. The molecule has 0 N–H and O–H groups in total. The van der Waals surface area contributed by atoms with E-state index in [0.29, 0.717) is 11.1 Å². The van der Waals surface area contributed by atoms with Crippen molar-refractivity contribution in [2.45, 2.75) is 25.4 Å². The van der Waals surface area contributed by atoms with Crippen molar-refractivity contribution < 1.29 is 8.81 Å². The van der Waals surface area contributed by atoms with Gasteiger partial charge in [-0.25, -0.2) is 9.37 Å². The van der Waals surface area contributed by atoms with Crippen LogP contribution in [0.4, 0.5) is 21.6 Å². The summed E-state index contributed by atoms with van der Waals surface area (Å²) >= 11 is 0. The molecule has 208 valence electrons. The van der Waals surface area contributed by atoms with E-state index < -0.39 is 6.17 Å². The first kappa shape index (κ1) is 25.4. The number of hydrogen-bond acceptors (Lipinski definition) is 4. The van der Waals surface area contributed by atoms with Gasteiger partial charge in [0.2, 0.25) is 0 Å². The Morgan fingerprint density at radius 3 is 2.33 bits per heavy atom. The van der Waals surface area contributed by atoms with E-state index in [0.717, 1.165) is 61.5 Å². The van der Waals surface area contributed by atoms with Gasteiger partial charge in [-0.1, -0.05) is 74.5 Å². The van der Waals surface area contributed by atoms with Crippen LogP contribution in [0.1, 0.15) is 42.3 Å². The van der Waals surface area contributed by atoms with E-state index in [1.807, 2.05) is 97.2 Å². The molecule has 0 amide bonds. The predicted octanol–water partition coefficient (Wildman–Crippen LogP) is 10.2. The van der Waals surface area contributed by atoms with Gasteiger partial charge in [-0.05, 0) is 71.3 Å². The van der Waals surface area contributed by atoms with E-state index >= 15 is 4.39 Å². The van der Waals surface area contributed by atoms with E-state index in [2.05, 4.69) is 48.0 Å². The van der Waals surface area contributed by atoms with Gasteiger partial charge in [0.05, 0.1) is 11.4 Å². The standard InChI is InChI=1S/C38H28FN3O/c1-38(2)30-15-9-19-41-37(30)42(33-22-29-28-14-3-4-17-34(28)43-35(29)23-31(33)38)27-13-8-12-26(21-27)36(39)25-11-7-10-24(20-25)32-16-5-6-18-40-32/h3-23,36H,1-2H3. The zero-order valence-corrected chi connectivity index (χ0v) is 23.8. The highest BCUT2D eigenvalue weighted by atomic mass is 19.1. The number of aromatic nitrogens is 2. The number of nitrogens with zero attached hydrogens (tertiary/aromatic N) is 3. The summed E-state index contributed by atoms with van der Waals surface area (Å²) in [5.41, 5.74) is 8.35. The molecule has 3 aromatic heterocycles. The lowest BCUT2D eigenvalue weighted by atomic mass is 9.74. The van der Waals surface area contributed by atoms with Crippen LogP contribution in [0.5, 0.6) is 0 Å². The first-order chi connectivity index (χ1) is 21.0. The molecule has 1 aliphatic rings. The van der Waals surface area contributed by atoms with Crippen molar-refractivity contribution in [3.05, 3.63) is 150 Å². The summed E-state index contributed by atoms with van der Waals surface area (Å²) in [6.45, 7) is 4.45. The molecule has 0 saturated heterocycles. The molecule has 0 bridgehead atoms. The molecule has 0 radical (unpaired) electrons. The minimum atomic E-state index is -1.31. The first-order valence-corrected chi connectivity index (χ1v) is 14.5. The number of alkyl halides is 1. The van der Waals surface area contributed by atoms with Gasteiger partial charge in [0, 0.05) is 45.4 Å². The number of pyridine rings is 2. The molecule has 0 aliphatic carbocycles. The zero-order chi connectivity index (χ0) is 29.1. The fourth-order valence-electron chi connectivity index (χ4n) is 6.43. The van der Waals surface area contributed by atoms with Crippen molar-refractivity contribution in [2.75, 3.05) is 4.90 Å². The zero-order valence-electron chi connectivity index (χ0n) is 23.8. The summed E-state index contributed by atoms with van der Waals surface area (Å²) in [7, 11) is 0. The van der Waals surface area contributed by atoms with Crippen molar-refractivity contribution in [3.63, 3.8) is 0 Å². The largest absolute Gasteiger partial charge is 0.456 e. The average molecular weight is 562 g/mol. The van der Waals surface area contributed by atoms with Crippen LogP contribution in [-0.2, 0) is 5.41 Å². The van der Waals surface area contributed by atoms with Gasteiger partial charge < -0.3 is 4.42 Å². The maximum atomic E-state index is 16.3. The van der Waals surface area contributed by atoms with Crippen LogP contribution in [0.2, 0.25) is 0 Å². The van der Waals surface area contributed by atoms with Crippen LogP contribution in [0.3, 0.4) is 0 Å². The minimum Gasteiger partial charge on any atom is -0.456 e. The Bertz CT molecular complexity index is 2150. The highest BCUT2D eigenvalue weighted by Crippen LogP contribution is 2.53. The van der Waals surface area contributed by atoms with Crippen LogP contribution >= 0.6 is 0 Å². The predicted molar refractivity (Wildman–Crippen MR) is 171 cm³/mol. The lowest BCUT2D eigenvalue weighted by Gasteiger charge is -2.41. The van der Waals surface area contributed by atoms with Crippen LogP contribution < -0.4 is 4.90 Å². The molecular weight excluding hydrogens is 533 g/mol. The molecule has 1 aliphatic heterocycles. The van der Waals surface area contributed by atoms with Crippen LogP contribution in [0, 0.1) is 0 Å². The summed E-state index contributed by atoms with van der Waals surface area (Å²) < 4.78 is 22.6. The number of rotatable bonds is 4. The molecule has 5 heteroatoms. The fraction of sp³-hybridized carbons (Fsp3) is 0.105. The van der Waals surface area contributed by atoms with E-state index in [-0.39, 0.29) is 5.41 Å². The van der Waals surface area contributed by atoms with Gasteiger partial charge in [-0.2, -0.15) is 0 Å². The van der Waals surface area contributed by atoms with Gasteiger partial charge in [-0.15, -0.1) is 0 Å². The summed E-state index contributed by atoms with van der Waals surface area (Å²) in [5.74, 6) is 0.844. The van der Waals surface area contributed by atoms with Crippen LogP contribution in [0.25, 0.3) is 33.2 Å². The maximum Gasteiger partial charge on any atom is 0.150 e. The number of hydrogen-bond donors (Lipinski definition) is 0. The number of halogens is 1. The summed E-state index contributed by atoms with van der Waals surface area (Å²) in [4.78, 5) is 11.5. The third-order valence-electron chi connectivity index (χ3n) is 8.64. The second kappa shape index (κ2) is 9.63. The maximum absolute atomic E-state index is 16.3. The molecule has 8 rings (SSSR count). The van der Waals surface area contributed by atoms with Crippen molar-refractivity contribution >= 4 is 39.1 Å². The summed E-state index contributed by atoms with van der Waals surface area (Å²) in [5, 5.41) is 2.11. The Balaban J connectivity index is 1.28. The molecule has 1 unspecified atom stereocenters. The highest BCUT2D eigenvalue weighted by molar-refractivity contribution is 6.07. The molecule has 43 heavy (non-hydrogen) atoms. The van der Waals surface area contributed by atoms with Crippen molar-refractivity contribution in [3.8, 4) is 11.3 Å². The molecule has 0 fully saturated rings. The fourth-order valence-corrected chi connectivity index (χ4v) is 6.43. The topological polar surface area (TPSA) is 42.2 Å². The Morgan fingerprint density at radius 2 is 1.47 bits per heavy atom. The van der Waals surface area contributed by atoms with Gasteiger partial charge in [-0.3, -0.25) is 9.88 Å². The quantitative estimate of drug-likeness (QED) is 0.214. The summed E-state index contributed by atoms with van der Waals surface area (Å²) in [6, 6.07) is 37.7. The third-order valence-corrected chi connectivity index (χ3v) is 8.64. The Kier molecular flexibility index (Phi) is 5.70. The summed E-state index contributed by atoms with van der Waals surface area (Å²) in [6.07, 6.45) is 2.26. The molecule has 0 spiro atoms. The Labute approximate surface area is 249 Å². The van der Waals surface area contributed by atoms with E-state index in [4.69, 9.17) is 9.40 Å². The van der Waals surface area contributed by atoms with Crippen molar-refractivity contribution in [2.24, 2.45) is 0 Å². The van der Waals surface area contributed by atoms with E-state index in [9.17, 15) is 0 Å². The Morgan fingerprint density at radius 1 is 0.674 bits per heavy atom.